The van der Waals surface area contributed by atoms with E-state index in [4.69, 9.17) is 4.74 Å². The SMILES string of the molecule is CCOc1cc(/C=N/Nc2ccc(Br)cc2)ccc1O. The third kappa shape index (κ3) is 3.99. The van der Waals surface area contributed by atoms with E-state index >= 15 is 0 Å². The molecule has 0 saturated heterocycles. The molecule has 2 rings (SSSR count). The summed E-state index contributed by atoms with van der Waals surface area (Å²) < 4.78 is 6.34. The normalized spacial score (nSPS) is 10.7. The van der Waals surface area contributed by atoms with E-state index in [1.54, 1.807) is 24.4 Å². The second-order valence-corrected chi connectivity index (χ2v) is 4.95. The van der Waals surface area contributed by atoms with Gasteiger partial charge in [0, 0.05) is 4.47 Å². The van der Waals surface area contributed by atoms with E-state index in [0.29, 0.717) is 12.4 Å². The summed E-state index contributed by atoms with van der Waals surface area (Å²) in [6, 6.07) is 12.8. The Morgan fingerprint density at radius 2 is 2.00 bits per heavy atom. The zero-order valence-corrected chi connectivity index (χ0v) is 12.6. The maximum atomic E-state index is 9.61. The summed E-state index contributed by atoms with van der Waals surface area (Å²) in [5.74, 6) is 0.588. The Balaban J connectivity index is 2.03. The van der Waals surface area contributed by atoms with Crippen LogP contribution in [0.3, 0.4) is 0 Å². The predicted molar refractivity (Wildman–Crippen MR) is 84.6 cm³/mol. The number of rotatable bonds is 5. The van der Waals surface area contributed by atoms with Crippen molar-refractivity contribution in [2.45, 2.75) is 6.92 Å². The van der Waals surface area contributed by atoms with Crippen molar-refractivity contribution in [3.8, 4) is 11.5 Å². The van der Waals surface area contributed by atoms with E-state index < -0.39 is 0 Å². The van der Waals surface area contributed by atoms with Crippen LogP contribution in [0.4, 0.5) is 5.69 Å². The van der Waals surface area contributed by atoms with Gasteiger partial charge < -0.3 is 9.84 Å². The molecular weight excluding hydrogens is 320 g/mol. The average molecular weight is 335 g/mol. The van der Waals surface area contributed by atoms with Crippen LogP contribution in [0.2, 0.25) is 0 Å². The first-order valence-electron chi connectivity index (χ1n) is 6.19. The molecule has 0 aliphatic carbocycles. The van der Waals surface area contributed by atoms with Crippen LogP contribution in [0, 0.1) is 0 Å². The zero-order valence-electron chi connectivity index (χ0n) is 11.0. The molecular formula is C15H15BrN2O2. The highest BCUT2D eigenvalue weighted by Crippen LogP contribution is 2.26. The molecule has 0 atom stereocenters. The molecule has 0 fully saturated rings. The van der Waals surface area contributed by atoms with Gasteiger partial charge in [0.15, 0.2) is 11.5 Å². The average Bonchev–Trinajstić information content (AvgIpc) is 2.45. The van der Waals surface area contributed by atoms with E-state index in [9.17, 15) is 5.11 Å². The number of hydrogen-bond donors (Lipinski definition) is 2. The highest BCUT2D eigenvalue weighted by molar-refractivity contribution is 9.10. The Hall–Kier alpha value is -2.01. The van der Waals surface area contributed by atoms with E-state index in [0.717, 1.165) is 15.7 Å². The molecule has 20 heavy (non-hydrogen) atoms. The molecule has 4 nitrogen and oxygen atoms in total. The standard InChI is InChI=1S/C15H15BrN2O2/c1-2-20-15-9-11(3-8-14(15)19)10-17-18-13-6-4-12(16)5-7-13/h3-10,18-19H,2H2,1H3/b17-10+. The van der Waals surface area contributed by atoms with Crippen LogP contribution in [0.25, 0.3) is 0 Å². The highest BCUT2D eigenvalue weighted by Gasteiger charge is 2.01. The summed E-state index contributed by atoms with van der Waals surface area (Å²) >= 11 is 3.38. The van der Waals surface area contributed by atoms with Crippen LogP contribution < -0.4 is 10.2 Å². The zero-order chi connectivity index (χ0) is 14.4. The predicted octanol–water partition coefficient (Wildman–Crippen LogP) is 4.00. The van der Waals surface area contributed by atoms with Crippen LogP contribution in [-0.2, 0) is 0 Å². The summed E-state index contributed by atoms with van der Waals surface area (Å²) in [5.41, 5.74) is 4.67. The number of aromatic hydroxyl groups is 1. The fraction of sp³-hybridized carbons (Fsp3) is 0.133. The minimum absolute atomic E-state index is 0.130. The molecule has 0 amide bonds. The Bertz CT molecular complexity index is 597. The summed E-state index contributed by atoms with van der Waals surface area (Å²) in [7, 11) is 0. The maximum Gasteiger partial charge on any atom is 0.161 e. The topological polar surface area (TPSA) is 53.8 Å². The molecule has 0 aliphatic heterocycles. The van der Waals surface area contributed by atoms with Gasteiger partial charge in [0.1, 0.15) is 0 Å². The molecule has 0 bridgehead atoms. The molecule has 0 aliphatic rings. The van der Waals surface area contributed by atoms with Gasteiger partial charge >= 0.3 is 0 Å². The lowest BCUT2D eigenvalue weighted by Gasteiger charge is -2.06. The number of halogens is 1. The molecule has 0 spiro atoms. The first-order valence-corrected chi connectivity index (χ1v) is 6.99. The Morgan fingerprint density at radius 3 is 2.70 bits per heavy atom. The van der Waals surface area contributed by atoms with Crippen molar-refractivity contribution in [2.24, 2.45) is 5.10 Å². The maximum absolute atomic E-state index is 9.61. The molecule has 0 unspecified atom stereocenters. The Labute approximate surface area is 126 Å². The molecule has 104 valence electrons. The number of anilines is 1. The van der Waals surface area contributed by atoms with Gasteiger partial charge in [-0.05, 0) is 55.0 Å². The minimum Gasteiger partial charge on any atom is -0.504 e. The van der Waals surface area contributed by atoms with E-state index in [2.05, 4.69) is 26.5 Å². The van der Waals surface area contributed by atoms with Crippen molar-refractivity contribution in [1.82, 2.24) is 0 Å². The van der Waals surface area contributed by atoms with Crippen LogP contribution in [-0.4, -0.2) is 17.9 Å². The lowest BCUT2D eigenvalue weighted by molar-refractivity contribution is 0.318. The third-order valence-electron chi connectivity index (χ3n) is 2.54. The van der Waals surface area contributed by atoms with Crippen molar-refractivity contribution in [3.05, 3.63) is 52.5 Å². The summed E-state index contributed by atoms with van der Waals surface area (Å²) in [5, 5.41) is 13.8. The number of hydrazone groups is 1. The molecule has 2 aromatic rings. The number of ether oxygens (including phenoxy) is 1. The van der Waals surface area contributed by atoms with Crippen LogP contribution in [0.15, 0.2) is 52.0 Å². The fourth-order valence-electron chi connectivity index (χ4n) is 1.59. The van der Waals surface area contributed by atoms with Crippen LogP contribution in [0.1, 0.15) is 12.5 Å². The number of phenols is 1. The van der Waals surface area contributed by atoms with Gasteiger partial charge in [-0.2, -0.15) is 5.10 Å². The number of nitrogens with one attached hydrogen (secondary N) is 1. The highest BCUT2D eigenvalue weighted by atomic mass is 79.9. The van der Waals surface area contributed by atoms with Gasteiger partial charge in [-0.25, -0.2) is 0 Å². The number of phenolic OH excluding ortho intramolecular Hbond substituents is 1. The van der Waals surface area contributed by atoms with Crippen molar-refractivity contribution in [3.63, 3.8) is 0 Å². The Kier molecular flexibility index (Phi) is 5.01. The molecule has 0 aromatic heterocycles. The van der Waals surface area contributed by atoms with Gasteiger partial charge in [0.25, 0.3) is 0 Å². The number of hydrogen-bond acceptors (Lipinski definition) is 4. The van der Waals surface area contributed by atoms with Gasteiger partial charge in [0.05, 0.1) is 18.5 Å². The van der Waals surface area contributed by atoms with Gasteiger partial charge in [0.2, 0.25) is 0 Å². The molecule has 0 radical (unpaired) electrons. The van der Waals surface area contributed by atoms with E-state index in [-0.39, 0.29) is 5.75 Å². The number of benzene rings is 2. The van der Waals surface area contributed by atoms with E-state index in [1.165, 1.54) is 0 Å². The second-order valence-electron chi connectivity index (χ2n) is 4.04. The van der Waals surface area contributed by atoms with Gasteiger partial charge in [-0.3, -0.25) is 5.43 Å². The first-order chi connectivity index (χ1) is 9.69. The largest absolute Gasteiger partial charge is 0.504 e. The molecule has 0 saturated carbocycles. The smallest absolute Gasteiger partial charge is 0.161 e. The van der Waals surface area contributed by atoms with Crippen LogP contribution >= 0.6 is 15.9 Å². The Morgan fingerprint density at radius 1 is 1.25 bits per heavy atom. The molecule has 2 N–H and O–H groups in total. The van der Waals surface area contributed by atoms with Crippen molar-refractivity contribution in [2.75, 3.05) is 12.0 Å². The third-order valence-corrected chi connectivity index (χ3v) is 3.06. The monoisotopic (exact) mass is 334 g/mol. The number of nitrogens with zero attached hydrogens (tertiary/aromatic N) is 1. The first kappa shape index (κ1) is 14.4. The van der Waals surface area contributed by atoms with Gasteiger partial charge in [-0.15, -0.1) is 0 Å². The lowest BCUT2D eigenvalue weighted by Crippen LogP contribution is -1.94. The molecule has 0 heterocycles. The van der Waals surface area contributed by atoms with Crippen molar-refractivity contribution < 1.29 is 9.84 Å². The second kappa shape index (κ2) is 6.96. The van der Waals surface area contributed by atoms with Crippen molar-refractivity contribution in [1.29, 1.82) is 0 Å². The van der Waals surface area contributed by atoms with Crippen LogP contribution in [0.5, 0.6) is 11.5 Å². The summed E-state index contributed by atoms with van der Waals surface area (Å²) in [6.45, 7) is 2.38. The summed E-state index contributed by atoms with van der Waals surface area (Å²) in [4.78, 5) is 0. The van der Waals surface area contributed by atoms with E-state index in [1.807, 2.05) is 31.2 Å². The molecule has 2 aromatic carbocycles. The lowest BCUT2D eigenvalue weighted by atomic mass is 10.2. The van der Waals surface area contributed by atoms with Gasteiger partial charge in [-0.1, -0.05) is 15.9 Å². The van der Waals surface area contributed by atoms with Crippen molar-refractivity contribution >= 4 is 27.8 Å². The fourth-order valence-corrected chi connectivity index (χ4v) is 1.85. The summed E-state index contributed by atoms with van der Waals surface area (Å²) in [6.07, 6.45) is 1.67. The minimum atomic E-state index is 0.130. The molecule has 5 heteroatoms. The quantitative estimate of drug-likeness (QED) is 0.641.